The van der Waals surface area contributed by atoms with Gasteiger partial charge in [-0.05, 0) is 31.2 Å². The molecule has 0 fully saturated rings. The predicted molar refractivity (Wildman–Crippen MR) is 70.7 cm³/mol. The van der Waals surface area contributed by atoms with E-state index >= 15 is 0 Å². The Labute approximate surface area is 107 Å². The fourth-order valence-corrected chi connectivity index (χ4v) is 2.03. The average molecular weight is 247 g/mol. The van der Waals surface area contributed by atoms with Crippen LogP contribution < -0.4 is 5.32 Å². The Morgan fingerprint density at radius 1 is 1.39 bits per heavy atom. The molecule has 1 heterocycles. The molecule has 18 heavy (non-hydrogen) atoms. The second-order valence-corrected chi connectivity index (χ2v) is 4.29. The van der Waals surface area contributed by atoms with E-state index in [2.05, 4.69) is 17.2 Å². The fourth-order valence-electron chi connectivity index (χ4n) is 2.03. The summed E-state index contributed by atoms with van der Waals surface area (Å²) in [5.41, 5.74) is 1.63. The summed E-state index contributed by atoms with van der Waals surface area (Å²) < 4.78 is 15.9. The molecule has 0 saturated heterocycles. The first-order valence-corrected chi connectivity index (χ1v) is 6.20. The Balaban J connectivity index is 2.42. The van der Waals surface area contributed by atoms with Gasteiger partial charge in [-0.2, -0.15) is 0 Å². The third-order valence-corrected chi connectivity index (χ3v) is 2.83. The average Bonchev–Trinajstić information content (AvgIpc) is 2.81. The summed E-state index contributed by atoms with van der Waals surface area (Å²) in [7, 11) is 1.88. The summed E-state index contributed by atoms with van der Waals surface area (Å²) in [6, 6.07) is 5.16. The lowest BCUT2D eigenvalue weighted by atomic mass is 10.1. The van der Waals surface area contributed by atoms with E-state index < -0.39 is 0 Å². The highest BCUT2D eigenvalue weighted by Gasteiger charge is 2.11. The number of nitrogens with one attached hydrogen (secondary N) is 1. The first-order valence-electron chi connectivity index (χ1n) is 6.20. The Kier molecular flexibility index (Phi) is 4.10. The minimum Gasteiger partial charge on any atom is -0.331 e. The summed E-state index contributed by atoms with van der Waals surface area (Å²) in [6.07, 6.45) is 4.61. The van der Waals surface area contributed by atoms with E-state index in [9.17, 15) is 4.39 Å². The summed E-state index contributed by atoms with van der Waals surface area (Å²) in [5, 5.41) is 3.07. The van der Waals surface area contributed by atoms with E-state index in [4.69, 9.17) is 0 Å². The summed E-state index contributed by atoms with van der Waals surface area (Å²) in [4.78, 5) is 4.27. The highest BCUT2D eigenvalue weighted by molar-refractivity contribution is 5.57. The predicted octanol–water partition coefficient (Wildman–Crippen LogP) is 2.82. The van der Waals surface area contributed by atoms with Crippen LogP contribution in [0, 0.1) is 5.82 Å². The van der Waals surface area contributed by atoms with E-state index in [0.29, 0.717) is 11.4 Å². The van der Waals surface area contributed by atoms with Crippen LogP contribution in [0.25, 0.3) is 11.4 Å². The van der Waals surface area contributed by atoms with Gasteiger partial charge in [0.05, 0.1) is 5.56 Å². The fraction of sp³-hybridized carbons (Fsp3) is 0.357. The van der Waals surface area contributed by atoms with Crippen molar-refractivity contribution in [3.05, 3.63) is 42.0 Å². The highest BCUT2D eigenvalue weighted by Crippen LogP contribution is 2.23. The highest BCUT2D eigenvalue weighted by atomic mass is 19.1. The van der Waals surface area contributed by atoms with Gasteiger partial charge in [0.2, 0.25) is 0 Å². The number of nitrogens with zero attached hydrogens (tertiary/aromatic N) is 2. The van der Waals surface area contributed by atoms with E-state index in [-0.39, 0.29) is 5.82 Å². The van der Waals surface area contributed by atoms with Crippen molar-refractivity contribution >= 4 is 0 Å². The maximum absolute atomic E-state index is 13.9. The molecule has 96 valence electrons. The number of imidazole rings is 1. The van der Waals surface area contributed by atoms with Gasteiger partial charge in [-0.1, -0.05) is 13.0 Å². The van der Waals surface area contributed by atoms with E-state index in [1.807, 2.05) is 23.9 Å². The smallest absolute Gasteiger partial charge is 0.142 e. The van der Waals surface area contributed by atoms with Crippen LogP contribution >= 0.6 is 0 Å². The Hall–Kier alpha value is -1.68. The SMILES string of the molecule is CCCn1ccnc1-c1cc(CNC)ccc1F. The molecule has 0 unspecified atom stereocenters. The van der Waals surface area contributed by atoms with Crippen LogP contribution in [0.4, 0.5) is 4.39 Å². The van der Waals surface area contributed by atoms with Gasteiger partial charge >= 0.3 is 0 Å². The first-order chi connectivity index (χ1) is 8.76. The molecule has 4 heteroatoms. The number of aromatic nitrogens is 2. The van der Waals surface area contributed by atoms with Crippen molar-refractivity contribution in [2.24, 2.45) is 0 Å². The number of hydrogen-bond acceptors (Lipinski definition) is 2. The van der Waals surface area contributed by atoms with Crippen molar-refractivity contribution in [3.8, 4) is 11.4 Å². The second kappa shape index (κ2) is 5.78. The molecule has 0 bridgehead atoms. The van der Waals surface area contributed by atoms with E-state index in [1.165, 1.54) is 6.07 Å². The molecule has 0 radical (unpaired) electrons. The number of aryl methyl sites for hydroxylation is 1. The lowest BCUT2D eigenvalue weighted by molar-refractivity contribution is 0.622. The Bertz CT molecular complexity index is 520. The van der Waals surface area contributed by atoms with Gasteiger partial charge in [-0.15, -0.1) is 0 Å². The zero-order valence-corrected chi connectivity index (χ0v) is 10.8. The van der Waals surface area contributed by atoms with Gasteiger partial charge < -0.3 is 9.88 Å². The Morgan fingerprint density at radius 2 is 2.22 bits per heavy atom. The van der Waals surface area contributed by atoms with Crippen molar-refractivity contribution in [2.75, 3.05) is 7.05 Å². The molecule has 3 nitrogen and oxygen atoms in total. The third kappa shape index (κ3) is 2.59. The Morgan fingerprint density at radius 3 is 2.94 bits per heavy atom. The molecular formula is C14H18FN3. The minimum absolute atomic E-state index is 0.224. The van der Waals surface area contributed by atoms with Gasteiger partial charge in [-0.3, -0.25) is 0 Å². The molecular weight excluding hydrogens is 229 g/mol. The molecule has 0 aliphatic carbocycles. The molecule has 0 aliphatic rings. The number of halogens is 1. The van der Waals surface area contributed by atoms with E-state index in [1.54, 1.807) is 12.3 Å². The van der Waals surface area contributed by atoms with E-state index in [0.717, 1.165) is 25.1 Å². The zero-order chi connectivity index (χ0) is 13.0. The van der Waals surface area contributed by atoms with Crippen LogP contribution in [-0.4, -0.2) is 16.6 Å². The summed E-state index contributed by atoms with van der Waals surface area (Å²) in [6.45, 7) is 3.67. The number of rotatable bonds is 5. The van der Waals surface area contributed by atoms with Crippen LogP contribution in [0.3, 0.4) is 0 Å². The standard InChI is InChI=1S/C14H18FN3/c1-3-7-18-8-6-17-14(18)12-9-11(10-16-2)4-5-13(12)15/h4-6,8-9,16H,3,7,10H2,1-2H3. The van der Waals surface area contributed by atoms with Crippen molar-refractivity contribution in [1.82, 2.24) is 14.9 Å². The van der Waals surface area contributed by atoms with Crippen molar-refractivity contribution in [1.29, 1.82) is 0 Å². The molecule has 2 aromatic rings. The first kappa shape index (κ1) is 12.8. The normalized spacial score (nSPS) is 10.8. The van der Waals surface area contributed by atoms with Crippen molar-refractivity contribution in [2.45, 2.75) is 26.4 Å². The van der Waals surface area contributed by atoms with Crippen molar-refractivity contribution < 1.29 is 4.39 Å². The van der Waals surface area contributed by atoms with Gasteiger partial charge in [0, 0.05) is 25.5 Å². The van der Waals surface area contributed by atoms with Crippen molar-refractivity contribution in [3.63, 3.8) is 0 Å². The molecule has 0 saturated carbocycles. The van der Waals surface area contributed by atoms with Gasteiger partial charge in [0.15, 0.2) is 0 Å². The van der Waals surface area contributed by atoms with Gasteiger partial charge in [0.25, 0.3) is 0 Å². The lowest BCUT2D eigenvalue weighted by Gasteiger charge is -2.09. The third-order valence-electron chi connectivity index (χ3n) is 2.83. The lowest BCUT2D eigenvalue weighted by Crippen LogP contribution is -2.06. The van der Waals surface area contributed by atoms with Crippen LogP contribution in [0.1, 0.15) is 18.9 Å². The zero-order valence-electron chi connectivity index (χ0n) is 10.8. The van der Waals surface area contributed by atoms with Crippen LogP contribution in [0.2, 0.25) is 0 Å². The quantitative estimate of drug-likeness (QED) is 0.880. The number of benzene rings is 1. The van der Waals surface area contributed by atoms with Gasteiger partial charge in [0.1, 0.15) is 11.6 Å². The molecule has 0 atom stereocenters. The van der Waals surface area contributed by atoms with Crippen LogP contribution in [0.15, 0.2) is 30.6 Å². The molecule has 1 N–H and O–H groups in total. The molecule has 0 spiro atoms. The largest absolute Gasteiger partial charge is 0.331 e. The number of hydrogen-bond donors (Lipinski definition) is 1. The van der Waals surface area contributed by atoms with Crippen LogP contribution in [-0.2, 0) is 13.1 Å². The second-order valence-electron chi connectivity index (χ2n) is 4.29. The molecule has 2 rings (SSSR count). The maximum atomic E-state index is 13.9. The van der Waals surface area contributed by atoms with Crippen LogP contribution in [0.5, 0.6) is 0 Å². The molecule has 1 aromatic heterocycles. The minimum atomic E-state index is -0.224. The monoisotopic (exact) mass is 247 g/mol. The van der Waals surface area contributed by atoms with Gasteiger partial charge in [-0.25, -0.2) is 9.37 Å². The molecule has 0 aliphatic heterocycles. The summed E-state index contributed by atoms with van der Waals surface area (Å²) >= 11 is 0. The maximum Gasteiger partial charge on any atom is 0.142 e. The topological polar surface area (TPSA) is 29.9 Å². The molecule has 0 amide bonds. The molecule has 1 aromatic carbocycles. The summed E-state index contributed by atoms with van der Waals surface area (Å²) in [5.74, 6) is 0.478.